The van der Waals surface area contributed by atoms with Crippen molar-refractivity contribution in [2.45, 2.75) is 58.1 Å². The molecule has 1 aliphatic rings. The van der Waals surface area contributed by atoms with Crippen LogP contribution in [-0.2, 0) is 17.9 Å². The number of hydrogen-bond donors (Lipinski definition) is 0. The van der Waals surface area contributed by atoms with Gasteiger partial charge in [-0.05, 0) is 65.8 Å². The number of esters is 1. The molecule has 1 aliphatic carbocycles. The van der Waals surface area contributed by atoms with E-state index in [-0.39, 0.29) is 5.97 Å². The molecule has 0 spiro atoms. The molecule has 0 saturated heterocycles. The predicted molar refractivity (Wildman–Crippen MR) is 156 cm³/mol. The van der Waals surface area contributed by atoms with E-state index < -0.39 is 0 Å². The number of nitrogens with zero attached hydrogens (tertiary/aromatic N) is 1. The van der Waals surface area contributed by atoms with Gasteiger partial charge in [-0.15, -0.1) is 6.58 Å². The number of carbonyl (C=O) groups is 1. The number of aromatic nitrogens is 1. The molecule has 0 atom stereocenters. The molecule has 0 unspecified atom stereocenters. The predicted octanol–water partition coefficient (Wildman–Crippen LogP) is 8.69. The number of benzene rings is 3. The summed E-state index contributed by atoms with van der Waals surface area (Å²) in [5.41, 5.74) is 6.90. The van der Waals surface area contributed by atoms with Crippen molar-refractivity contribution in [1.29, 1.82) is 0 Å². The quantitative estimate of drug-likeness (QED) is 0.130. The molecule has 5 rings (SSSR count). The zero-order valence-electron chi connectivity index (χ0n) is 22.1. The Kier molecular flexibility index (Phi) is 7.78. The highest BCUT2D eigenvalue weighted by Gasteiger charge is 2.27. The zero-order chi connectivity index (χ0) is 26.5. The van der Waals surface area contributed by atoms with Crippen molar-refractivity contribution in [3.63, 3.8) is 0 Å². The second-order valence-corrected chi connectivity index (χ2v) is 10.00. The van der Waals surface area contributed by atoms with Gasteiger partial charge in [0.1, 0.15) is 18.1 Å². The Hall–Kier alpha value is -4.05. The monoisotopic (exact) mass is 505 g/mol. The Morgan fingerprint density at radius 3 is 2.45 bits per heavy atom. The average molecular weight is 506 g/mol. The van der Waals surface area contributed by atoms with Crippen molar-refractivity contribution in [1.82, 2.24) is 4.57 Å². The van der Waals surface area contributed by atoms with Gasteiger partial charge >= 0.3 is 5.97 Å². The van der Waals surface area contributed by atoms with Crippen LogP contribution in [0.1, 0.15) is 61.6 Å². The topological polar surface area (TPSA) is 40.5 Å². The van der Waals surface area contributed by atoms with Crippen molar-refractivity contribution in [3.05, 3.63) is 103 Å². The van der Waals surface area contributed by atoms with Crippen LogP contribution in [0, 0.1) is 0 Å². The summed E-state index contributed by atoms with van der Waals surface area (Å²) in [5, 5.41) is 1.21. The summed E-state index contributed by atoms with van der Waals surface area (Å²) in [6.45, 7) is 10.8. The lowest BCUT2D eigenvalue weighted by Crippen LogP contribution is -2.07. The van der Waals surface area contributed by atoms with Crippen LogP contribution >= 0.6 is 0 Å². The molecule has 4 nitrogen and oxygen atoms in total. The highest BCUT2D eigenvalue weighted by Crippen LogP contribution is 2.46. The van der Waals surface area contributed by atoms with E-state index in [1.165, 1.54) is 55.7 Å². The molecule has 4 aromatic rings. The third-order valence-electron chi connectivity index (χ3n) is 7.41. The molecular weight excluding hydrogens is 470 g/mol. The van der Waals surface area contributed by atoms with Crippen LogP contribution in [0.4, 0.5) is 0 Å². The number of ether oxygens (including phenoxy) is 2. The summed E-state index contributed by atoms with van der Waals surface area (Å²) in [5.74, 6) is 1.52. The molecular formula is C34H35NO3. The van der Waals surface area contributed by atoms with Gasteiger partial charge in [0, 0.05) is 30.5 Å². The van der Waals surface area contributed by atoms with Crippen molar-refractivity contribution < 1.29 is 14.3 Å². The van der Waals surface area contributed by atoms with Crippen molar-refractivity contribution in [3.8, 4) is 22.8 Å². The molecule has 194 valence electrons. The highest BCUT2D eigenvalue weighted by atomic mass is 16.5. The lowest BCUT2D eigenvalue weighted by Gasteiger charge is -2.24. The molecule has 1 fully saturated rings. The Balaban J connectivity index is 1.65. The molecule has 0 aliphatic heterocycles. The summed E-state index contributed by atoms with van der Waals surface area (Å²) >= 11 is 0. The maximum Gasteiger partial charge on any atom is 0.308 e. The summed E-state index contributed by atoms with van der Waals surface area (Å²) in [6.07, 6.45) is 9.96. The normalized spacial score (nSPS) is 13.8. The fraction of sp³-hybridized carbons (Fsp3) is 0.265. The molecule has 3 aromatic carbocycles. The Morgan fingerprint density at radius 2 is 1.74 bits per heavy atom. The fourth-order valence-corrected chi connectivity index (χ4v) is 5.76. The molecule has 0 bridgehead atoms. The van der Waals surface area contributed by atoms with Gasteiger partial charge in [0.2, 0.25) is 0 Å². The summed E-state index contributed by atoms with van der Waals surface area (Å²) in [7, 11) is 0. The average Bonchev–Trinajstić information content (AvgIpc) is 3.25. The van der Waals surface area contributed by atoms with Gasteiger partial charge in [-0.2, -0.15) is 0 Å². The molecule has 1 aromatic heterocycles. The molecule has 4 heteroatoms. The Bertz CT molecular complexity index is 1460. The Labute approximate surface area is 225 Å². The van der Waals surface area contributed by atoms with Crippen LogP contribution in [0.5, 0.6) is 11.5 Å². The number of rotatable bonds is 9. The number of carbonyl (C=O) groups excluding carboxylic acids is 1. The van der Waals surface area contributed by atoms with Crippen LogP contribution in [-0.4, -0.2) is 10.5 Å². The first-order chi connectivity index (χ1) is 18.6. The van der Waals surface area contributed by atoms with Crippen LogP contribution in [0.15, 0.2) is 86.0 Å². The van der Waals surface area contributed by atoms with E-state index in [1.54, 1.807) is 0 Å². The lowest BCUT2D eigenvalue weighted by molar-refractivity contribution is -0.131. The van der Waals surface area contributed by atoms with E-state index in [4.69, 9.17) is 9.47 Å². The van der Waals surface area contributed by atoms with Gasteiger partial charge in [0.05, 0.1) is 11.2 Å². The molecule has 0 N–H and O–H groups in total. The summed E-state index contributed by atoms with van der Waals surface area (Å²) < 4.78 is 13.9. The van der Waals surface area contributed by atoms with Crippen molar-refractivity contribution in [2.24, 2.45) is 0 Å². The minimum Gasteiger partial charge on any atom is -0.489 e. The molecule has 0 radical (unpaired) electrons. The fourth-order valence-electron chi connectivity index (χ4n) is 5.76. The second kappa shape index (κ2) is 11.6. The second-order valence-electron chi connectivity index (χ2n) is 10.00. The van der Waals surface area contributed by atoms with Crippen LogP contribution < -0.4 is 9.47 Å². The number of allylic oxidation sites excluding steroid dienone is 1. The lowest BCUT2D eigenvalue weighted by atomic mass is 9.81. The van der Waals surface area contributed by atoms with E-state index >= 15 is 0 Å². The number of fused-ring (bicyclic) bond motifs is 1. The molecule has 1 heterocycles. The minimum absolute atomic E-state index is 0.320. The van der Waals surface area contributed by atoms with Gasteiger partial charge in [-0.1, -0.05) is 68.3 Å². The van der Waals surface area contributed by atoms with E-state index in [2.05, 4.69) is 54.1 Å². The first-order valence-electron chi connectivity index (χ1n) is 13.5. The highest BCUT2D eigenvalue weighted by molar-refractivity contribution is 5.95. The first kappa shape index (κ1) is 25.6. The SMILES string of the molecule is C=CCn1c(-c2ccc(OCc3ccccc3)cc2C=C)c(C2CCCCC2)c2ccc(OC(C)=O)cc21. The van der Waals surface area contributed by atoms with Gasteiger partial charge < -0.3 is 14.0 Å². The third kappa shape index (κ3) is 5.31. The van der Waals surface area contributed by atoms with Gasteiger partial charge in [0.25, 0.3) is 0 Å². The Morgan fingerprint density at radius 1 is 0.974 bits per heavy atom. The van der Waals surface area contributed by atoms with Gasteiger partial charge in [0.15, 0.2) is 0 Å². The zero-order valence-corrected chi connectivity index (χ0v) is 22.1. The van der Waals surface area contributed by atoms with Gasteiger partial charge in [-0.3, -0.25) is 4.79 Å². The smallest absolute Gasteiger partial charge is 0.308 e. The number of hydrogen-bond acceptors (Lipinski definition) is 3. The largest absolute Gasteiger partial charge is 0.489 e. The van der Waals surface area contributed by atoms with E-state index in [9.17, 15) is 4.79 Å². The van der Waals surface area contributed by atoms with Crippen LogP contribution in [0.2, 0.25) is 0 Å². The first-order valence-corrected chi connectivity index (χ1v) is 13.5. The summed E-state index contributed by atoms with van der Waals surface area (Å²) in [4.78, 5) is 11.7. The third-order valence-corrected chi connectivity index (χ3v) is 7.41. The minimum atomic E-state index is -0.320. The van der Waals surface area contributed by atoms with Crippen LogP contribution in [0.3, 0.4) is 0 Å². The van der Waals surface area contributed by atoms with E-state index in [0.717, 1.165) is 28.0 Å². The van der Waals surface area contributed by atoms with Crippen LogP contribution in [0.25, 0.3) is 28.2 Å². The van der Waals surface area contributed by atoms with Gasteiger partial charge in [-0.25, -0.2) is 0 Å². The molecule has 38 heavy (non-hydrogen) atoms. The molecule has 1 saturated carbocycles. The van der Waals surface area contributed by atoms with Crippen molar-refractivity contribution >= 4 is 22.9 Å². The maximum atomic E-state index is 11.7. The van der Waals surface area contributed by atoms with E-state index in [1.807, 2.05) is 42.5 Å². The molecule has 0 amide bonds. The van der Waals surface area contributed by atoms with E-state index in [0.29, 0.717) is 24.8 Å². The van der Waals surface area contributed by atoms with Crippen molar-refractivity contribution in [2.75, 3.05) is 0 Å². The maximum absolute atomic E-state index is 11.7. The summed E-state index contributed by atoms with van der Waals surface area (Å²) in [6, 6.07) is 22.5. The standard InChI is InChI=1S/C34H35NO3/c1-4-20-35-32-22-29(38-24(3)36)17-19-31(32)33(27-14-10-7-11-15-27)34(35)30-18-16-28(21-26(30)5-2)37-23-25-12-8-6-9-13-25/h4-6,8-9,12-13,16-19,21-22,27H,1-2,7,10-11,14-15,20,23H2,3H3.